The van der Waals surface area contributed by atoms with Crippen molar-refractivity contribution in [3.63, 3.8) is 0 Å². The Labute approximate surface area is 104 Å². The van der Waals surface area contributed by atoms with Crippen molar-refractivity contribution in [2.75, 3.05) is 0 Å². The fourth-order valence-corrected chi connectivity index (χ4v) is 2.02. The van der Waals surface area contributed by atoms with Crippen LogP contribution < -0.4 is 0 Å². The minimum absolute atomic E-state index is 0.0571. The fraction of sp³-hybridized carbons (Fsp3) is 0.133. The van der Waals surface area contributed by atoms with Gasteiger partial charge in [0.1, 0.15) is 11.3 Å². The molecule has 3 nitrogen and oxygen atoms in total. The molecule has 2 heterocycles. The largest absolute Gasteiger partial charge is 0.464 e. The highest BCUT2D eigenvalue weighted by molar-refractivity contribution is 5.91. The molecule has 3 aromatic rings. The summed E-state index contributed by atoms with van der Waals surface area (Å²) < 4.78 is 10.9. The zero-order valence-electron chi connectivity index (χ0n) is 9.97. The normalized spacial score (nSPS) is 10.9. The van der Waals surface area contributed by atoms with E-state index >= 15 is 0 Å². The van der Waals surface area contributed by atoms with Gasteiger partial charge in [0.2, 0.25) is 0 Å². The highest BCUT2D eigenvalue weighted by Gasteiger charge is 2.10. The van der Waals surface area contributed by atoms with Crippen molar-refractivity contribution in [3.8, 4) is 0 Å². The summed E-state index contributed by atoms with van der Waals surface area (Å²) in [4.78, 5) is 11.2. The van der Waals surface area contributed by atoms with Gasteiger partial charge in [-0.25, -0.2) is 0 Å². The number of rotatable bonds is 3. The van der Waals surface area contributed by atoms with Gasteiger partial charge in [0, 0.05) is 24.3 Å². The SMILES string of the molecule is CC(=O)c1ccc(Cc2coc3ccccc23)o1. The maximum atomic E-state index is 11.2. The van der Waals surface area contributed by atoms with Crippen LogP contribution in [0, 0.1) is 0 Å². The molecular weight excluding hydrogens is 228 g/mol. The van der Waals surface area contributed by atoms with E-state index in [-0.39, 0.29) is 5.78 Å². The van der Waals surface area contributed by atoms with Crippen LogP contribution in [0.15, 0.2) is 51.5 Å². The summed E-state index contributed by atoms with van der Waals surface area (Å²) in [5.41, 5.74) is 1.93. The minimum Gasteiger partial charge on any atom is -0.464 e. The van der Waals surface area contributed by atoms with Crippen LogP contribution in [0.5, 0.6) is 0 Å². The van der Waals surface area contributed by atoms with Gasteiger partial charge < -0.3 is 8.83 Å². The molecule has 1 aromatic carbocycles. The van der Waals surface area contributed by atoms with Crippen molar-refractivity contribution in [2.24, 2.45) is 0 Å². The minimum atomic E-state index is -0.0571. The molecule has 90 valence electrons. The number of hydrogen-bond donors (Lipinski definition) is 0. The second-order valence-electron chi connectivity index (χ2n) is 4.26. The fourth-order valence-electron chi connectivity index (χ4n) is 2.02. The van der Waals surface area contributed by atoms with Crippen LogP contribution in [0.25, 0.3) is 11.0 Å². The molecule has 0 spiro atoms. The maximum absolute atomic E-state index is 11.2. The van der Waals surface area contributed by atoms with Gasteiger partial charge in [-0.2, -0.15) is 0 Å². The molecule has 0 bridgehead atoms. The molecule has 0 aliphatic carbocycles. The number of carbonyl (C=O) groups is 1. The van der Waals surface area contributed by atoms with Gasteiger partial charge in [0.15, 0.2) is 11.5 Å². The lowest BCUT2D eigenvalue weighted by molar-refractivity contribution is 0.0985. The number of furan rings is 2. The first-order chi connectivity index (χ1) is 8.74. The molecule has 0 fully saturated rings. The molecule has 0 N–H and O–H groups in total. The predicted octanol–water partition coefficient (Wildman–Crippen LogP) is 3.82. The Balaban J connectivity index is 1.93. The molecule has 0 aliphatic rings. The van der Waals surface area contributed by atoms with E-state index in [1.165, 1.54) is 6.92 Å². The second-order valence-corrected chi connectivity index (χ2v) is 4.26. The number of Topliss-reactive ketones (excluding diaryl/α,β-unsaturated/α-hetero) is 1. The van der Waals surface area contributed by atoms with Crippen LogP contribution in [-0.4, -0.2) is 5.78 Å². The average molecular weight is 240 g/mol. The monoisotopic (exact) mass is 240 g/mol. The number of ketones is 1. The van der Waals surface area contributed by atoms with Gasteiger partial charge in [0.05, 0.1) is 6.26 Å². The lowest BCUT2D eigenvalue weighted by Crippen LogP contribution is -1.87. The topological polar surface area (TPSA) is 43.4 Å². The van der Waals surface area contributed by atoms with E-state index < -0.39 is 0 Å². The van der Waals surface area contributed by atoms with E-state index in [9.17, 15) is 4.79 Å². The van der Waals surface area contributed by atoms with Crippen molar-refractivity contribution < 1.29 is 13.6 Å². The summed E-state index contributed by atoms with van der Waals surface area (Å²) in [6.07, 6.45) is 2.37. The number of para-hydroxylation sites is 1. The highest BCUT2D eigenvalue weighted by atomic mass is 16.3. The Hall–Kier alpha value is -2.29. The third kappa shape index (κ3) is 1.84. The smallest absolute Gasteiger partial charge is 0.194 e. The van der Waals surface area contributed by atoms with Gasteiger partial charge in [-0.3, -0.25) is 4.79 Å². The predicted molar refractivity (Wildman–Crippen MR) is 67.7 cm³/mol. The van der Waals surface area contributed by atoms with Crippen molar-refractivity contribution in [3.05, 3.63) is 59.7 Å². The number of benzene rings is 1. The second kappa shape index (κ2) is 4.18. The van der Waals surface area contributed by atoms with Gasteiger partial charge in [-0.1, -0.05) is 18.2 Å². The van der Waals surface area contributed by atoms with E-state index in [0.29, 0.717) is 12.2 Å². The van der Waals surface area contributed by atoms with E-state index in [4.69, 9.17) is 8.83 Å². The Morgan fingerprint density at radius 3 is 2.78 bits per heavy atom. The average Bonchev–Trinajstić information content (AvgIpc) is 2.98. The Kier molecular flexibility index (Phi) is 2.52. The lowest BCUT2D eigenvalue weighted by Gasteiger charge is -1.95. The molecular formula is C15H12O3. The van der Waals surface area contributed by atoms with Crippen molar-refractivity contribution >= 4 is 16.8 Å². The van der Waals surface area contributed by atoms with Gasteiger partial charge in [-0.05, 0) is 18.2 Å². The van der Waals surface area contributed by atoms with Crippen molar-refractivity contribution in [2.45, 2.75) is 13.3 Å². The van der Waals surface area contributed by atoms with Crippen LogP contribution in [0.3, 0.4) is 0 Å². The molecule has 0 atom stereocenters. The van der Waals surface area contributed by atoms with Gasteiger partial charge in [-0.15, -0.1) is 0 Å². The number of hydrogen-bond acceptors (Lipinski definition) is 3. The number of carbonyl (C=O) groups excluding carboxylic acids is 1. The van der Waals surface area contributed by atoms with E-state index in [0.717, 1.165) is 22.3 Å². The Morgan fingerprint density at radius 1 is 1.17 bits per heavy atom. The van der Waals surface area contributed by atoms with Crippen molar-refractivity contribution in [1.29, 1.82) is 0 Å². The Morgan fingerprint density at radius 2 is 2.00 bits per heavy atom. The summed E-state index contributed by atoms with van der Waals surface area (Å²) in [5, 5.41) is 1.08. The molecule has 0 radical (unpaired) electrons. The van der Waals surface area contributed by atoms with E-state index in [1.54, 1.807) is 12.3 Å². The molecule has 18 heavy (non-hydrogen) atoms. The van der Waals surface area contributed by atoms with Crippen LogP contribution >= 0.6 is 0 Å². The first-order valence-corrected chi connectivity index (χ1v) is 5.79. The summed E-state index contributed by atoms with van der Waals surface area (Å²) >= 11 is 0. The molecule has 0 aliphatic heterocycles. The lowest BCUT2D eigenvalue weighted by atomic mass is 10.1. The van der Waals surface area contributed by atoms with Gasteiger partial charge in [0.25, 0.3) is 0 Å². The molecule has 0 saturated carbocycles. The zero-order chi connectivity index (χ0) is 12.5. The summed E-state index contributed by atoms with van der Waals surface area (Å²) in [5.74, 6) is 1.11. The molecule has 0 saturated heterocycles. The van der Waals surface area contributed by atoms with E-state index in [2.05, 4.69) is 0 Å². The number of fused-ring (bicyclic) bond motifs is 1. The maximum Gasteiger partial charge on any atom is 0.194 e. The summed E-state index contributed by atoms with van der Waals surface area (Å²) in [7, 11) is 0. The highest BCUT2D eigenvalue weighted by Crippen LogP contribution is 2.24. The van der Waals surface area contributed by atoms with Gasteiger partial charge >= 0.3 is 0 Å². The molecule has 3 heteroatoms. The molecule has 0 unspecified atom stereocenters. The third-order valence-corrected chi connectivity index (χ3v) is 2.93. The van der Waals surface area contributed by atoms with Crippen LogP contribution in [0.2, 0.25) is 0 Å². The molecule has 2 aromatic heterocycles. The molecule has 0 amide bonds. The van der Waals surface area contributed by atoms with Crippen LogP contribution in [0.4, 0.5) is 0 Å². The summed E-state index contributed by atoms with van der Waals surface area (Å²) in [6, 6.07) is 11.4. The standard InChI is InChI=1S/C15H12O3/c1-10(16)14-7-6-12(18-14)8-11-9-17-15-5-3-2-4-13(11)15/h2-7,9H,8H2,1H3. The Bertz CT molecular complexity index is 703. The van der Waals surface area contributed by atoms with E-state index in [1.807, 2.05) is 30.3 Å². The van der Waals surface area contributed by atoms with Crippen molar-refractivity contribution in [1.82, 2.24) is 0 Å². The van der Waals surface area contributed by atoms with Crippen LogP contribution in [-0.2, 0) is 6.42 Å². The van der Waals surface area contributed by atoms with Crippen LogP contribution in [0.1, 0.15) is 28.8 Å². The first-order valence-electron chi connectivity index (χ1n) is 5.79. The summed E-state index contributed by atoms with van der Waals surface area (Å²) in [6.45, 7) is 1.50. The quantitative estimate of drug-likeness (QED) is 0.653. The molecule has 3 rings (SSSR count). The zero-order valence-corrected chi connectivity index (χ0v) is 9.97. The third-order valence-electron chi connectivity index (χ3n) is 2.93. The first kappa shape index (κ1) is 10.8.